The predicted molar refractivity (Wildman–Crippen MR) is 79.8 cm³/mol. The quantitative estimate of drug-likeness (QED) is 0.854. The molecule has 3 rings (SSSR count). The molecule has 5 heteroatoms. The van der Waals surface area contributed by atoms with Crippen LogP contribution in [0, 0.1) is 0 Å². The van der Waals surface area contributed by atoms with Gasteiger partial charge < -0.3 is 11.1 Å². The van der Waals surface area contributed by atoms with Crippen molar-refractivity contribution in [1.82, 2.24) is 10.2 Å². The van der Waals surface area contributed by atoms with Crippen molar-refractivity contribution >= 4 is 17.5 Å². The molecule has 20 heavy (non-hydrogen) atoms. The van der Waals surface area contributed by atoms with Gasteiger partial charge in [-0.05, 0) is 36.2 Å². The Kier molecular flexibility index (Phi) is 3.71. The molecule has 1 saturated heterocycles. The number of hydrogen-bond donors (Lipinski definition) is 2. The zero-order chi connectivity index (χ0) is 14.2. The smallest absolute Gasteiger partial charge is 0.238 e. The highest BCUT2D eigenvalue weighted by molar-refractivity contribution is 6.30. The normalized spacial score (nSPS) is 27.1. The lowest BCUT2D eigenvalue weighted by atomic mass is 9.92. The number of hydrogen-bond acceptors (Lipinski definition) is 3. The lowest BCUT2D eigenvalue weighted by molar-refractivity contribution is -0.129. The molecular formula is C15H20ClN3O. The van der Waals surface area contributed by atoms with Crippen LogP contribution in [-0.2, 0) is 17.6 Å². The van der Waals surface area contributed by atoms with Gasteiger partial charge in [0.1, 0.15) is 5.54 Å². The van der Waals surface area contributed by atoms with Crippen molar-refractivity contribution in [2.24, 2.45) is 5.73 Å². The molecular weight excluding hydrogens is 274 g/mol. The van der Waals surface area contributed by atoms with E-state index in [0.29, 0.717) is 12.8 Å². The number of nitrogens with one attached hydrogen (secondary N) is 1. The first-order valence-electron chi connectivity index (χ1n) is 7.15. The van der Waals surface area contributed by atoms with Crippen LogP contribution in [0.5, 0.6) is 0 Å². The summed E-state index contributed by atoms with van der Waals surface area (Å²) in [5.74, 6) is -0.216. The summed E-state index contributed by atoms with van der Waals surface area (Å²) in [4.78, 5) is 14.5. The number of primary amides is 1. The molecule has 0 aromatic heterocycles. The van der Waals surface area contributed by atoms with E-state index in [2.05, 4.69) is 10.2 Å². The summed E-state index contributed by atoms with van der Waals surface area (Å²) < 4.78 is 0. The maximum absolute atomic E-state index is 12.2. The first kappa shape index (κ1) is 13.9. The van der Waals surface area contributed by atoms with Gasteiger partial charge in [-0.2, -0.15) is 0 Å². The molecule has 0 bridgehead atoms. The molecule has 2 aliphatic rings. The molecule has 1 fully saturated rings. The van der Waals surface area contributed by atoms with Crippen LogP contribution >= 0.6 is 11.6 Å². The maximum Gasteiger partial charge on any atom is 0.238 e. The molecule has 1 aliphatic carbocycles. The Hall–Kier alpha value is -1.10. The lowest BCUT2D eigenvalue weighted by Crippen LogP contribution is -2.59. The second-order valence-electron chi connectivity index (χ2n) is 5.75. The highest BCUT2D eigenvalue weighted by Crippen LogP contribution is 2.36. The van der Waals surface area contributed by atoms with Crippen molar-refractivity contribution in [2.75, 3.05) is 26.2 Å². The Morgan fingerprint density at radius 2 is 2.05 bits per heavy atom. The third kappa shape index (κ3) is 2.32. The second kappa shape index (κ2) is 5.35. The van der Waals surface area contributed by atoms with Crippen molar-refractivity contribution in [1.29, 1.82) is 0 Å². The van der Waals surface area contributed by atoms with E-state index in [0.717, 1.165) is 43.2 Å². The second-order valence-corrected chi connectivity index (χ2v) is 6.19. The van der Waals surface area contributed by atoms with Gasteiger partial charge in [0.25, 0.3) is 0 Å². The van der Waals surface area contributed by atoms with E-state index in [4.69, 9.17) is 17.3 Å². The number of nitrogens with two attached hydrogens (primary N) is 1. The number of rotatable bonds is 2. The van der Waals surface area contributed by atoms with Gasteiger partial charge in [0.05, 0.1) is 0 Å². The molecule has 1 amide bonds. The Morgan fingerprint density at radius 1 is 1.25 bits per heavy atom. The van der Waals surface area contributed by atoms with Crippen molar-refractivity contribution in [3.63, 3.8) is 0 Å². The molecule has 1 unspecified atom stereocenters. The summed E-state index contributed by atoms with van der Waals surface area (Å²) in [6, 6.07) is 5.89. The van der Waals surface area contributed by atoms with E-state index < -0.39 is 5.54 Å². The zero-order valence-electron chi connectivity index (χ0n) is 11.5. The maximum atomic E-state index is 12.2. The van der Waals surface area contributed by atoms with Crippen LogP contribution in [0.3, 0.4) is 0 Å². The molecule has 1 aromatic rings. The standard InChI is InChI=1S/C15H20ClN3O/c16-13-3-2-11-9-15(14(17)20,10-12(11)8-13)19-6-1-4-18-5-7-19/h2-3,8,18H,1,4-7,9-10H2,(H2,17,20). The van der Waals surface area contributed by atoms with Crippen LogP contribution in [0.2, 0.25) is 5.02 Å². The van der Waals surface area contributed by atoms with Crippen LogP contribution in [0.25, 0.3) is 0 Å². The van der Waals surface area contributed by atoms with Crippen molar-refractivity contribution in [3.05, 3.63) is 34.3 Å². The fourth-order valence-electron chi connectivity index (χ4n) is 3.45. The van der Waals surface area contributed by atoms with Gasteiger partial charge in [-0.15, -0.1) is 0 Å². The minimum atomic E-state index is -0.570. The Bertz CT molecular complexity index is 526. The van der Waals surface area contributed by atoms with E-state index in [1.54, 1.807) is 0 Å². The van der Waals surface area contributed by atoms with Gasteiger partial charge in [0.2, 0.25) is 5.91 Å². The number of fused-ring (bicyclic) bond motifs is 1. The third-order valence-corrected chi connectivity index (χ3v) is 4.77. The summed E-state index contributed by atoms with van der Waals surface area (Å²) in [7, 11) is 0. The van der Waals surface area contributed by atoms with Crippen molar-refractivity contribution < 1.29 is 4.79 Å². The van der Waals surface area contributed by atoms with Gasteiger partial charge in [0, 0.05) is 37.5 Å². The fraction of sp³-hybridized carbons (Fsp3) is 0.533. The lowest BCUT2D eigenvalue weighted by Gasteiger charge is -2.38. The van der Waals surface area contributed by atoms with Gasteiger partial charge in [-0.25, -0.2) is 0 Å². The Labute approximate surface area is 124 Å². The third-order valence-electron chi connectivity index (χ3n) is 4.54. The first-order chi connectivity index (χ1) is 9.62. The van der Waals surface area contributed by atoms with Crippen LogP contribution in [0.1, 0.15) is 17.5 Å². The fourth-order valence-corrected chi connectivity index (χ4v) is 3.65. The van der Waals surface area contributed by atoms with E-state index in [1.165, 1.54) is 5.56 Å². The van der Waals surface area contributed by atoms with Crippen LogP contribution < -0.4 is 11.1 Å². The first-order valence-corrected chi connectivity index (χ1v) is 7.53. The molecule has 108 valence electrons. The number of carbonyl (C=O) groups excluding carboxylic acids is 1. The largest absolute Gasteiger partial charge is 0.368 e. The van der Waals surface area contributed by atoms with Crippen molar-refractivity contribution in [2.45, 2.75) is 24.8 Å². The predicted octanol–water partition coefficient (Wildman–Crippen LogP) is 0.958. The van der Waals surface area contributed by atoms with Gasteiger partial charge in [0.15, 0.2) is 0 Å². The number of carbonyl (C=O) groups is 1. The van der Waals surface area contributed by atoms with Crippen molar-refractivity contribution in [3.8, 4) is 0 Å². The number of amides is 1. The summed E-state index contributed by atoms with van der Waals surface area (Å²) >= 11 is 6.07. The molecule has 4 nitrogen and oxygen atoms in total. The molecule has 0 radical (unpaired) electrons. The molecule has 1 atom stereocenters. The topological polar surface area (TPSA) is 58.4 Å². The molecule has 1 heterocycles. The van der Waals surface area contributed by atoms with Gasteiger partial charge in [-0.1, -0.05) is 17.7 Å². The van der Waals surface area contributed by atoms with E-state index in [-0.39, 0.29) is 5.91 Å². The van der Waals surface area contributed by atoms with Crippen LogP contribution in [0.4, 0.5) is 0 Å². The number of nitrogens with zero attached hydrogens (tertiary/aromatic N) is 1. The van der Waals surface area contributed by atoms with Crippen LogP contribution in [-0.4, -0.2) is 42.5 Å². The molecule has 3 N–H and O–H groups in total. The van der Waals surface area contributed by atoms with E-state index in [9.17, 15) is 4.79 Å². The molecule has 0 spiro atoms. The summed E-state index contributed by atoms with van der Waals surface area (Å²) in [6.45, 7) is 3.69. The zero-order valence-corrected chi connectivity index (χ0v) is 12.2. The summed E-state index contributed by atoms with van der Waals surface area (Å²) in [5, 5.41) is 4.10. The molecule has 1 aromatic carbocycles. The van der Waals surface area contributed by atoms with Gasteiger partial charge >= 0.3 is 0 Å². The average molecular weight is 294 g/mol. The minimum absolute atomic E-state index is 0.216. The van der Waals surface area contributed by atoms with E-state index >= 15 is 0 Å². The van der Waals surface area contributed by atoms with E-state index in [1.807, 2.05) is 18.2 Å². The number of halogens is 1. The molecule has 0 saturated carbocycles. The summed E-state index contributed by atoms with van der Waals surface area (Å²) in [6.07, 6.45) is 2.43. The average Bonchev–Trinajstić information content (AvgIpc) is 2.60. The Balaban J connectivity index is 1.93. The molecule has 1 aliphatic heterocycles. The SMILES string of the molecule is NC(=O)C1(N2CCCNCC2)Cc2ccc(Cl)cc2C1. The monoisotopic (exact) mass is 293 g/mol. The number of benzene rings is 1. The minimum Gasteiger partial charge on any atom is -0.368 e. The highest BCUT2D eigenvalue weighted by atomic mass is 35.5. The summed E-state index contributed by atoms with van der Waals surface area (Å²) in [5.41, 5.74) is 7.59. The van der Waals surface area contributed by atoms with Crippen LogP contribution in [0.15, 0.2) is 18.2 Å². The van der Waals surface area contributed by atoms with Gasteiger partial charge in [-0.3, -0.25) is 9.69 Å². The Morgan fingerprint density at radius 3 is 2.85 bits per heavy atom. The highest BCUT2D eigenvalue weighted by Gasteiger charge is 2.47.